The van der Waals surface area contributed by atoms with Crippen molar-refractivity contribution in [1.82, 2.24) is 0 Å². The lowest BCUT2D eigenvalue weighted by atomic mass is 10.1. The highest BCUT2D eigenvalue weighted by Crippen LogP contribution is 2.30. The van der Waals surface area contributed by atoms with Gasteiger partial charge in [0, 0.05) is 10.6 Å². The van der Waals surface area contributed by atoms with Crippen molar-refractivity contribution in [3.05, 3.63) is 29.3 Å². The second kappa shape index (κ2) is 6.68. The molecule has 0 aliphatic carbocycles. The number of aliphatic hydroxyl groups is 1. The number of nitrogens with zero attached hydrogens (tertiary/aromatic N) is 1. The van der Waals surface area contributed by atoms with Crippen molar-refractivity contribution in [1.29, 1.82) is 5.26 Å². The van der Waals surface area contributed by atoms with Crippen LogP contribution in [0.1, 0.15) is 44.4 Å². The fourth-order valence-electron chi connectivity index (χ4n) is 1.42. The first-order chi connectivity index (χ1) is 8.08. The Morgan fingerprint density at radius 2 is 2.12 bits per heavy atom. The van der Waals surface area contributed by atoms with Crippen LogP contribution in [-0.2, 0) is 0 Å². The van der Waals surface area contributed by atoms with Crippen LogP contribution < -0.4 is 0 Å². The summed E-state index contributed by atoms with van der Waals surface area (Å²) in [6.07, 6.45) is 0.664. The second-order valence-corrected chi connectivity index (χ2v) is 5.43. The van der Waals surface area contributed by atoms with Gasteiger partial charge in [-0.05, 0) is 30.5 Å². The molecule has 0 aliphatic rings. The second-order valence-electron chi connectivity index (χ2n) is 4.36. The Hall–Kier alpha value is -0.980. The van der Waals surface area contributed by atoms with Gasteiger partial charge in [0.25, 0.3) is 0 Å². The molecule has 0 saturated heterocycles. The summed E-state index contributed by atoms with van der Waals surface area (Å²) >= 11 is 1.73. The van der Waals surface area contributed by atoms with E-state index in [0.29, 0.717) is 11.5 Å². The third kappa shape index (κ3) is 4.07. The SMILES string of the molecule is CCC(C)CSc1cc(C#N)ccc1C(C)O. The minimum Gasteiger partial charge on any atom is -0.389 e. The average Bonchev–Trinajstić information content (AvgIpc) is 2.35. The zero-order chi connectivity index (χ0) is 12.8. The lowest BCUT2D eigenvalue weighted by molar-refractivity contribution is 0.196. The van der Waals surface area contributed by atoms with Crippen molar-refractivity contribution in [3.8, 4) is 6.07 Å². The first-order valence-electron chi connectivity index (χ1n) is 5.93. The molecule has 2 atom stereocenters. The Morgan fingerprint density at radius 1 is 1.41 bits per heavy atom. The van der Waals surface area contributed by atoms with Gasteiger partial charge in [-0.3, -0.25) is 0 Å². The van der Waals surface area contributed by atoms with Gasteiger partial charge in [0.05, 0.1) is 17.7 Å². The topological polar surface area (TPSA) is 44.0 Å². The minimum absolute atomic E-state index is 0.484. The summed E-state index contributed by atoms with van der Waals surface area (Å²) in [5.41, 5.74) is 1.57. The van der Waals surface area contributed by atoms with Crippen LogP contribution in [0.4, 0.5) is 0 Å². The molecule has 0 spiro atoms. The average molecular weight is 249 g/mol. The number of aliphatic hydroxyl groups excluding tert-OH is 1. The quantitative estimate of drug-likeness (QED) is 0.808. The van der Waals surface area contributed by atoms with Gasteiger partial charge < -0.3 is 5.11 Å². The van der Waals surface area contributed by atoms with E-state index in [1.54, 1.807) is 24.8 Å². The molecule has 0 heterocycles. The monoisotopic (exact) mass is 249 g/mol. The number of hydrogen-bond acceptors (Lipinski definition) is 3. The molecule has 2 nitrogen and oxygen atoms in total. The van der Waals surface area contributed by atoms with E-state index in [0.717, 1.165) is 22.6 Å². The van der Waals surface area contributed by atoms with E-state index in [1.807, 2.05) is 12.1 Å². The normalized spacial score (nSPS) is 14.1. The summed E-state index contributed by atoms with van der Waals surface area (Å²) in [5.74, 6) is 1.66. The molecule has 0 saturated carbocycles. The maximum absolute atomic E-state index is 9.69. The molecule has 3 heteroatoms. The van der Waals surface area contributed by atoms with Crippen molar-refractivity contribution in [2.45, 2.75) is 38.2 Å². The fraction of sp³-hybridized carbons (Fsp3) is 0.500. The van der Waals surface area contributed by atoms with Gasteiger partial charge in [-0.15, -0.1) is 11.8 Å². The molecule has 0 radical (unpaired) electrons. The van der Waals surface area contributed by atoms with Gasteiger partial charge in [-0.1, -0.05) is 26.3 Å². The third-order valence-electron chi connectivity index (χ3n) is 2.81. The third-order valence-corrected chi connectivity index (χ3v) is 4.21. The molecule has 92 valence electrons. The Labute approximate surface area is 108 Å². The highest BCUT2D eigenvalue weighted by molar-refractivity contribution is 7.99. The maximum atomic E-state index is 9.69. The van der Waals surface area contributed by atoms with E-state index in [-0.39, 0.29) is 0 Å². The van der Waals surface area contributed by atoms with Gasteiger partial charge in [-0.25, -0.2) is 0 Å². The van der Waals surface area contributed by atoms with Crippen LogP contribution in [0, 0.1) is 17.2 Å². The standard InChI is InChI=1S/C14H19NOS/c1-4-10(2)9-17-14-7-12(8-15)5-6-13(14)11(3)16/h5-7,10-11,16H,4,9H2,1-3H3. The van der Waals surface area contributed by atoms with Crippen LogP contribution in [0.15, 0.2) is 23.1 Å². The van der Waals surface area contributed by atoms with Crippen molar-refractivity contribution in [2.24, 2.45) is 5.92 Å². The van der Waals surface area contributed by atoms with Gasteiger partial charge in [0.1, 0.15) is 0 Å². The van der Waals surface area contributed by atoms with Crippen molar-refractivity contribution in [3.63, 3.8) is 0 Å². The van der Waals surface area contributed by atoms with Crippen molar-refractivity contribution >= 4 is 11.8 Å². The Kier molecular flexibility index (Phi) is 5.54. The predicted molar refractivity (Wildman–Crippen MR) is 72.0 cm³/mol. The zero-order valence-electron chi connectivity index (χ0n) is 10.6. The van der Waals surface area contributed by atoms with Crippen LogP contribution in [0.25, 0.3) is 0 Å². The van der Waals surface area contributed by atoms with E-state index >= 15 is 0 Å². The molecule has 0 bridgehead atoms. The molecular formula is C14H19NOS. The van der Waals surface area contributed by atoms with Gasteiger partial charge in [0.15, 0.2) is 0 Å². The number of thioether (sulfide) groups is 1. The molecule has 0 aromatic heterocycles. The summed E-state index contributed by atoms with van der Waals surface area (Å²) in [6.45, 7) is 6.14. The first-order valence-corrected chi connectivity index (χ1v) is 6.92. The summed E-state index contributed by atoms with van der Waals surface area (Å²) in [7, 11) is 0. The van der Waals surface area contributed by atoms with Crippen LogP contribution in [0.2, 0.25) is 0 Å². The van der Waals surface area contributed by atoms with Gasteiger partial charge >= 0.3 is 0 Å². The van der Waals surface area contributed by atoms with Crippen molar-refractivity contribution < 1.29 is 5.11 Å². The lowest BCUT2D eigenvalue weighted by Crippen LogP contribution is -1.99. The Morgan fingerprint density at radius 3 is 2.65 bits per heavy atom. The molecule has 1 aromatic rings. The van der Waals surface area contributed by atoms with E-state index in [9.17, 15) is 5.11 Å². The Bertz CT molecular complexity index is 409. The highest BCUT2D eigenvalue weighted by atomic mass is 32.2. The van der Waals surface area contributed by atoms with E-state index in [2.05, 4.69) is 19.9 Å². The largest absolute Gasteiger partial charge is 0.389 e. The number of rotatable bonds is 5. The molecule has 2 unspecified atom stereocenters. The number of hydrogen-bond donors (Lipinski definition) is 1. The van der Waals surface area contributed by atoms with Gasteiger partial charge in [-0.2, -0.15) is 5.26 Å². The molecule has 0 aliphatic heterocycles. The summed E-state index contributed by atoms with van der Waals surface area (Å²) in [5, 5.41) is 18.6. The summed E-state index contributed by atoms with van der Waals surface area (Å²) < 4.78 is 0. The minimum atomic E-state index is -0.484. The van der Waals surface area contributed by atoms with Crippen molar-refractivity contribution in [2.75, 3.05) is 5.75 Å². The predicted octanol–water partition coefficient (Wildman–Crippen LogP) is 3.75. The molecule has 1 rings (SSSR count). The summed E-state index contributed by atoms with van der Waals surface area (Å²) in [4.78, 5) is 1.03. The van der Waals surface area contributed by atoms with E-state index in [4.69, 9.17) is 5.26 Å². The lowest BCUT2D eigenvalue weighted by Gasteiger charge is -2.14. The highest BCUT2D eigenvalue weighted by Gasteiger charge is 2.10. The van der Waals surface area contributed by atoms with Crippen LogP contribution in [-0.4, -0.2) is 10.9 Å². The fourth-order valence-corrected chi connectivity index (χ4v) is 2.74. The van der Waals surface area contributed by atoms with Gasteiger partial charge in [0.2, 0.25) is 0 Å². The number of nitriles is 1. The van der Waals surface area contributed by atoms with Crippen LogP contribution >= 0.6 is 11.8 Å². The Balaban J connectivity index is 2.90. The zero-order valence-corrected chi connectivity index (χ0v) is 11.4. The first kappa shape index (κ1) is 14.1. The molecule has 1 N–H and O–H groups in total. The van der Waals surface area contributed by atoms with Crippen LogP contribution in [0.3, 0.4) is 0 Å². The summed E-state index contributed by atoms with van der Waals surface area (Å²) in [6, 6.07) is 7.62. The molecular weight excluding hydrogens is 230 g/mol. The van der Waals surface area contributed by atoms with E-state index in [1.165, 1.54) is 0 Å². The maximum Gasteiger partial charge on any atom is 0.0992 e. The molecule has 1 aromatic carbocycles. The molecule has 17 heavy (non-hydrogen) atoms. The number of benzene rings is 1. The molecule has 0 fully saturated rings. The smallest absolute Gasteiger partial charge is 0.0992 e. The van der Waals surface area contributed by atoms with Crippen LogP contribution in [0.5, 0.6) is 0 Å². The molecule has 0 amide bonds. The van der Waals surface area contributed by atoms with E-state index < -0.39 is 6.10 Å².